The molecule has 3 nitrogen and oxygen atoms in total. The number of ether oxygens (including phenoxy) is 1. The van der Waals surface area contributed by atoms with E-state index in [4.69, 9.17) is 4.74 Å². The Bertz CT molecular complexity index is 554. The molecule has 0 radical (unpaired) electrons. The zero-order valence-corrected chi connectivity index (χ0v) is 17.3. The molecule has 0 aromatic heterocycles. The predicted octanol–water partition coefficient (Wildman–Crippen LogP) is 4.69. The van der Waals surface area contributed by atoms with E-state index in [-0.39, 0.29) is 5.41 Å². The van der Waals surface area contributed by atoms with Gasteiger partial charge in [-0.1, -0.05) is 50.6 Å². The Hall–Kier alpha value is -1.32. The van der Waals surface area contributed by atoms with Gasteiger partial charge in [-0.25, -0.2) is 0 Å². The highest BCUT2D eigenvalue weighted by Crippen LogP contribution is 2.32. The topological polar surface area (TPSA) is 24.5 Å². The Morgan fingerprint density at radius 3 is 2.46 bits per heavy atom. The highest BCUT2D eigenvalue weighted by atomic mass is 16.5. The first-order valence-electron chi connectivity index (χ1n) is 10.3. The number of benzene rings is 1. The molecule has 1 N–H and O–H groups in total. The van der Waals surface area contributed by atoms with E-state index in [1.165, 1.54) is 43.6 Å². The third-order valence-electron chi connectivity index (χ3n) is 4.94. The fourth-order valence-corrected chi connectivity index (χ4v) is 3.34. The maximum atomic E-state index is 6.08. The molecule has 0 unspecified atom stereocenters. The van der Waals surface area contributed by atoms with Gasteiger partial charge >= 0.3 is 0 Å². The van der Waals surface area contributed by atoms with Crippen molar-refractivity contribution in [3.8, 4) is 5.75 Å². The van der Waals surface area contributed by atoms with Crippen LogP contribution in [0.1, 0.15) is 57.6 Å². The number of rotatable bonds is 9. The fourth-order valence-electron chi connectivity index (χ4n) is 3.34. The van der Waals surface area contributed by atoms with E-state index >= 15 is 0 Å². The monoisotopic (exact) mass is 358 g/mol. The van der Waals surface area contributed by atoms with Crippen molar-refractivity contribution >= 4 is 0 Å². The van der Waals surface area contributed by atoms with E-state index in [9.17, 15) is 0 Å². The maximum Gasteiger partial charge on any atom is 0.123 e. The number of aryl methyl sites for hydroxylation is 1. The Kier molecular flexibility index (Phi) is 8.67. The van der Waals surface area contributed by atoms with Crippen molar-refractivity contribution in [1.29, 1.82) is 0 Å². The van der Waals surface area contributed by atoms with Crippen LogP contribution in [0.2, 0.25) is 0 Å². The molecule has 3 heteroatoms. The molecule has 1 saturated heterocycles. The summed E-state index contributed by atoms with van der Waals surface area (Å²) in [6.45, 7) is 15.6. The van der Waals surface area contributed by atoms with Crippen molar-refractivity contribution in [3.05, 3.63) is 41.5 Å². The first kappa shape index (κ1) is 21.0. The van der Waals surface area contributed by atoms with Crippen LogP contribution in [0.5, 0.6) is 5.75 Å². The number of unbranched alkanes of at least 4 members (excludes halogenated alkanes) is 2. The molecule has 1 aliphatic heterocycles. The van der Waals surface area contributed by atoms with E-state index in [2.05, 4.69) is 68.3 Å². The molecule has 0 bridgehead atoms. The molecule has 0 spiro atoms. The zero-order valence-electron chi connectivity index (χ0n) is 17.3. The van der Waals surface area contributed by atoms with E-state index in [0.29, 0.717) is 0 Å². The van der Waals surface area contributed by atoms with Crippen LogP contribution >= 0.6 is 0 Å². The minimum Gasteiger partial charge on any atom is -0.493 e. The van der Waals surface area contributed by atoms with E-state index in [1.54, 1.807) is 0 Å². The summed E-state index contributed by atoms with van der Waals surface area (Å²) in [5, 5.41) is 3.40. The van der Waals surface area contributed by atoms with Crippen molar-refractivity contribution in [3.63, 3.8) is 0 Å². The molecule has 26 heavy (non-hydrogen) atoms. The third-order valence-corrected chi connectivity index (χ3v) is 4.94. The quantitative estimate of drug-likeness (QED) is 0.512. The van der Waals surface area contributed by atoms with Gasteiger partial charge in [-0.2, -0.15) is 0 Å². The van der Waals surface area contributed by atoms with Crippen LogP contribution in [-0.2, 0) is 5.41 Å². The summed E-state index contributed by atoms with van der Waals surface area (Å²) in [6.07, 6.45) is 9.30. The first-order valence-corrected chi connectivity index (χ1v) is 10.3. The minimum atomic E-state index is 0.117. The number of piperazine rings is 1. The second-order valence-electron chi connectivity index (χ2n) is 8.45. The van der Waals surface area contributed by atoms with Gasteiger partial charge in [-0.3, -0.25) is 0 Å². The van der Waals surface area contributed by atoms with Crippen LogP contribution in [0.15, 0.2) is 30.4 Å². The van der Waals surface area contributed by atoms with Gasteiger partial charge in [0.25, 0.3) is 0 Å². The third kappa shape index (κ3) is 7.51. The number of allylic oxidation sites excluding steroid dienone is 2. The SMILES string of the molecule is Cc1ccc(OCCCC=CCCCN2CCNCC2)c(C(C)(C)C)c1. The molecule has 146 valence electrons. The van der Waals surface area contributed by atoms with Crippen molar-refractivity contribution < 1.29 is 4.74 Å². The summed E-state index contributed by atoms with van der Waals surface area (Å²) in [4.78, 5) is 2.56. The van der Waals surface area contributed by atoms with Crippen LogP contribution in [-0.4, -0.2) is 44.2 Å². The van der Waals surface area contributed by atoms with Crippen molar-refractivity contribution in [2.75, 3.05) is 39.3 Å². The summed E-state index contributed by atoms with van der Waals surface area (Å²) < 4.78 is 6.08. The van der Waals surface area contributed by atoms with Gasteiger partial charge < -0.3 is 15.0 Å². The smallest absolute Gasteiger partial charge is 0.123 e. The Balaban J connectivity index is 1.60. The normalized spacial score (nSPS) is 16.3. The molecule has 0 aliphatic carbocycles. The molecule has 2 rings (SSSR count). The summed E-state index contributed by atoms with van der Waals surface area (Å²) in [5.41, 5.74) is 2.72. The highest BCUT2D eigenvalue weighted by molar-refractivity contribution is 5.41. The van der Waals surface area contributed by atoms with Gasteiger partial charge in [-0.05, 0) is 56.2 Å². The van der Waals surface area contributed by atoms with Crippen molar-refractivity contribution in [1.82, 2.24) is 10.2 Å². The molecular formula is C23H38N2O. The average molecular weight is 359 g/mol. The number of nitrogens with one attached hydrogen (secondary N) is 1. The number of hydrogen-bond acceptors (Lipinski definition) is 3. The Labute approximate surface area is 160 Å². The van der Waals surface area contributed by atoms with E-state index in [0.717, 1.165) is 38.3 Å². The molecule has 0 atom stereocenters. The lowest BCUT2D eigenvalue weighted by molar-refractivity contribution is 0.239. The molecule has 0 amide bonds. The number of nitrogens with zero attached hydrogens (tertiary/aromatic N) is 1. The molecular weight excluding hydrogens is 320 g/mol. The first-order chi connectivity index (χ1) is 12.5. The molecule has 1 aliphatic rings. The fraction of sp³-hybridized carbons (Fsp3) is 0.652. The molecule has 1 fully saturated rings. The van der Waals surface area contributed by atoms with Crippen LogP contribution in [0.25, 0.3) is 0 Å². The van der Waals surface area contributed by atoms with Crippen molar-refractivity contribution in [2.45, 2.75) is 58.8 Å². The Morgan fingerprint density at radius 2 is 1.77 bits per heavy atom. The second kappa shape index (κ2) is 10.7. The Morgan fingerprint density at radius 1 is 1.08 bits per heavy atom. The molecule has 1 aromatic carbocycles. The van der Waals surface area contributed by atoms with Gasteiger partial charge in [-0.15, -0.1) is 0 Å². The van der Waals surface area contributed by atoms with E-state index < -0.39 is 0 Å². The van der Waals surface area contributed by atoms with Crippen LogP contribution < -0.4 is 10.1 Å². The summed E-state index contributed by atoms with van der Waals surface area (Å²) in [5.74, 6) is 1.04. The van der Waals surface area contributed by atoms with Gasteiger partial charge in [0.1, 0.15) is 5.75 Å². The lowest BCUT2D eigenvalue weighted by Gasteiger charge is -2.26. The summed E-state index contributed by atoms with van der Waals surface area (Å²) >= 11 is 0. The van der Waals surface area contributed by atoms with Gasteiger partial charge in [0, 0.05) is 26.2 Å². The largest absolute Gasteiger partial charge is 0.493 e. The molecule has 1 aromatic rings. The molecule has 1 heterocycles. The van der Waals surface area contributed by atoms with Crippen LogP contribution in [0, 0.1) is 6.92 Å². The summed E-state index contributed by atoms with van der Waals surface area (Å²) in [6, 6.07) is 6.53. The average Bonchev–Trinajstić information content (AvgIpc) is 2.61. The second-order valence-corrected chi connectivity index (χ2v) is 8.45. The highest BCUT2D eigenvalue weighted by Gasteiger charge is 2.19. The van der Waals surface area contributed by atoms with Gasteiger partial charge in [0.2, 0.25) is 0 Å². The van der Waals surface area contributed by atoms with E-state index in [1.807, 2.05) is 0 Å². The lowest BCUT2D eigenvalue weighted by Crippen LogP contribution is -2.43. The predicted molar refractivity (Wildman–Crippen MR) is 112 cm³/mol. The summed E-state index contributed by atoms with van der Waals surface area (Å²) in [7, 11) is 0. The van der Waals surface area contributed by atoms with Gasteiger partial charge in [0.05, 0.1) is 6.61 Å². The van der Waals surface area contributed by atoms with Crippen LogP contribution in [0.3, 0.4) is 0 Å². The maximum absolute atomic E-state index is 6.08. The lowest BCUT2D eigenvalue weighted by atomic mass is 9.85. The van der Waals surface area contributed by atoms with Crippen LogP contribution in [0.4, 0.5) is 0 Å². The molecule has 0 saturated carbocycles. The van der Waals surface area contributed by atoms with Gasteiger partial charge in [0.15, 0.2) is 0 Å². The number of hydrogen-bond donors (Lipinski definition) is 1. The van der Waals surface area contributed by atoms with Crippen molar-refractivity contribution in [2.24, 2.45) is 0 Å². The minimum absolute atomic E-state index is 0.117. The standard InChI is InChI=1S/C23H38N2O/c1-20-11-12-22(21(19-20)23(2,3)4)26-18-10-8-6-5-7-9-15-25-16-13-24-14-17-25/h5-6,11-12,19,24H,7-10,13-18H2,1-4H3. The zero-order chi connectivity index (χ0) is 18.8.